The summed E-state index contributed by atoms with van der Waals surface area (Å²) in [6.45, 7) is 4.41. The predicted octanol–water partition coefficient (Wildman–Crippen LogP) is 11.5. The van der Waals surface area contributed by atoms with Crippen LogP contribution in [0.5, 0.6) is 0 Å². The quantitative estimate of drug-likeness (QED) is 0.130. The van der Waals surface area contributed by atoms with Crippen LogP contribution >= 0.6 is 0 Å². The summed E-state index contributed by atoms with van der Waals surface area (Å²) in [5.41, 5.74) is 10.4. The van der Waals surface area contributed by atoms with E-state index in [2.05, 4.69) is 144 Å². The Morgan fingerprint density at radius 3 is 2.10 bits per heavy atom. The molecular weight excluding hydrogens is 625 g/mol. The van der Waals surface area contributed by atoms with Gasteiger partial charge in [0.2, 0.25) is 0 Å². The van der Waals surface area contributed by atoms with E-state index in [0.717, 1.165) is 57.2 Å². The van der Waals surface area contributed by atoms with Gasteiger partial charge in [-0.25, -0.2) is 9.98 Å². The van der Waals surface area contributed by atoms with Gasteiger partial charge in [-0.15, -0.1) is 0 Å². The van der Waals surface area contributed by atoms with Crippen molar-refractivity contribution >= 4 is 67.7 Å². The molecular formula is C46H34N4O. The zero-order valence-corrected chi connectivity index (χ0v) is 28.0. The Bertz CT molecular complexity index is 2670. The van der Waals surface area contributed by atoms with Gasteiger partial charge in [-0.3, -0.25) is 4.99 Å². The van der Waals surface area contributed by atoms with E-state index in [0.29, 0.717) is 18.2 Å². The number of allylic oxidation sites excluding steroid dienone is 3. The second kappa shape index (κ2) is 13.0. The molecule has 0 bridgehead atoms. The Labute approximate surface area is 295 Å². The lowest BCUT2D eigenvalue weighted by Crippen LogP contribution is -2.08. The zero-order chi connectivity index (χ0) is 34.1. The van der Waals surface area contributed by atoms with Crippen LogP contribution in [0.25, 0.3) is 55.0 Å². The van der Waals surface area contributed by atoms with Crippen LogP contribution in [0.15, 0.2) is 183 Å². The van der Waals surface area contributed by atoms with Gasteiger partial charge in [0.05, 0.1) is 17.6 Å². The summed E-state index contributed by atoms with van der Waals surface area (Å²) in [4.78, 5) is 14.6. The van der Waals surface area contributed by atoms with Gasteiger partial charge in [0.1, 0.15) is 11.2 Å². The first-order valence-corrected chi connectivity index (χ1v) is 17.3. The fourth-order valence-electron chi connectivity index (χ4n) is 7.20. The fourth-order valence-corrected chi connectivity index (χ4v) is 7.20. The van der Waals surface area contributed by atoms with Gasteiger partial charge in [-0.2, -0.15) is 0 Å². The Hall–Kier alpha value is -6.59. The standard InChI is InChI=1S/C46H34N4O/c1-47-45(34-18-12-17-33(27-34)32-15-6-3-7-16-32)49-46(48-30-31-13-4-2-5-14-31)35-23-25-39-40-29-36(24-26-43(40)51-44(39)28-35)50-41-21-10-8-19-37(41)38-20-9-11-22-42(38)50/h2-11,13-17,19-29H,1,12,18,30H2. The second-order valence-corrected chi connectivity index (χ2v) is 12.8. The van der Waals surface area contributed by atoms with E-state index in [1.807, 2.05) is 30.3 Å². The topological polar surface area (TPSA) is 55.1 Å². The number of aromatic nitrogens is 1. The van der Waals surface area contributed by atoms with E-state index >= 15 is 0 Å². The highest BCUT2D eigenvalue weighted by atomic mass is 16.3. The molecule has 0 amide bonds. The summed E-state index contributed by atoms with van der Waals surface area (Å²) in [5.74, 6) is 1.18. The largest absolute Gasteiger partial charge is 0.456 e. The molecule has 9 rings (SSSR count). The first-order valence-electron chi connectivity index (χ1n) is 17.3. The van der Waals surface area contributed by atoms with Crippen molar-refractivity contribution in [2.75, 3.05) is 0 Å². The molecule has 51 heavy (non-hydrogen) atoms. The third-order valence-electron chi connectivity index (χ3n) is 9.67. The molecule has 2 heterocycles. The van der Waals surface area contributed by atoms with Crippen LogP contribution in [0.3, 0.4) is 0 Å². The molecule has 244 valence electrons. The average Bonchev–Trinajstić information content (AvgIpc) is 3.73. The Kier molecular flexibility index (Phi) is 7.78. The van der Waals surface area contributed by atoms with Crippen molar-refractivity contribution in [2.45, 2.75) is 19.4 Å². The van der Waals surface area contributed by atoms with E-state index in [1.54, 1.807) is 0 Å². The molecule has 1 aliphatic rings. The predicted molar refractivity (Wildman–Crippen MR) is 213 cm³/mol. The smallest absolute Gasteiger partial charge is 0.157 e. The van der Waals surface area contributed by atoms with Crippen LogP contribution in [-0.2, 0) is 6.54 Å². The third kappa shape index (κ3) is 5.69. The second-order valence-electron chi connectivity index (χ2n) is 12.8. The maximum atomic E-state index is 6.50. The number of aliphatic imine (C=N–C) groups is 3. The molecule has 5 nitrogen and oxygen atoms in total. The van der Waals surface area contributed by atoms with E-state index in [-0.39, 0.29) is 0 Å². The van der Waals surface area contributed by atoms with Gasteiger partial charge >= 0.3 is 0 Å². The maximum Gasteiger partial charge on any atom is 0.157 e. The summed E-state index contributed by atoms with van der Waals surface area (Å²) < 4.78 is 8.83. The zero-order valence-electron chi connectivity index (χ0n) is 28.0. The van der Waals surface area contributed by atoms with Crippen molar-refractivity contribution in [1.82, 2.24) is 4.57 Å². The molecule has 0 N–H and O–H groups in total. The lowest BCUT2D eigenvalue weighted by molar-refractivity contribution is 0.669. The summed E-state index contributed by atoms with van der Waals surface area (Å²) in [6.07, 6.45) is 6.18. The van der Waals surface area contributed by atoms with Crippen molar-refractivity contribution in [2.24, 2.45) is 15.0 Å². The van der Waals surface area contributed by atoms with Crippen molar-refractivity contribution < 1.29 is 4.42 Å². The van der Waals surface area contributed by atoms with Crippen molar-refractivity contribution in [3.05, 3.63) is 180 Å². The van der Waals surface area contributed by atoms with Gasteiger partial charge in [0.15, 0.2) is 11.7 Å². The summed E-state index contributed by atoms with van der Waals surface area (Å²) in [7, 11) is 0. The maximum absolute atomic E-state index is 6.50. The van der Waals surface area contributed by atoms with Gasteiger partial charge in [-0.1, -0.05) is 109 Å². The Morgan fingerprint density at radius 2 is 1.35 bits per heavy atom. The summed E-state index contributed by atoms with van der Waals surface area (Å²) in [6, 6.07) is 50.5. The Morgan fingerprint density at radius 1 is 0.647 bits per heavy atom. The van der Waals surface area contributed by atoms with Crippen LogP contribution in [0.2, 0.25) is 0 Å². The highest BCUT2D eigenvalue weighted by Crippen LogP contribution is 2.36. The van der Waals surface area contributed by atoms with Gasteiger partial charge < -0.3 is 8.98 Å². The number of hydrogen-bond donors (Lipinski definition) is 0. The first kappa shape index (κ1) is 30.5. The number of rotatable bonds is 6. The highest BCUT2D eigenvalue weighted by Gasteiger charge is 2.17. The normalized spacial score (nSPS) is 14.0. The number of hydrogen-bond acceptors (Lipinski definition) is 2. The number of benzene rings is 6. The van der Waals surface area contributed by atoms with Crippen molar-refractivity contribution in [3.8, 4) is 5.69 Å². The first-order chi connectivity index (χ1) is 25.2. The molecule has 0 unspecified atom stereocenters. The van der Waals surface area contributed by atoms with Crippen LogP contribution in [-0.4, -0.2) is 23.0 Å². The highest BCUT2D eigenvalue weighted by molar-refractivity contribution is 6.15. The number of para-hydroxylation sites is 2. The molecule has 5 heteroatoms. The van der Waals surface area contributed by atoms with Crippen LogP contribution in [0.4, 0.5) is 0 Å². The van der Waals surface area contributed by atoms with E-state index in [1.165, 1.54) is 32.9 Å². The SMILES string of the molecule is C=NC(=NC(=NCc1ccccc1)c1ccc2c(c1)oc1ccc(-n3c4ccccc4c4ccccc43)cc12)C1=CC(c2ccccc2)=CCC1. The molecule has 0 aliphatic heterocycles. The lowest BCUT2D eigenvalue weighted by Gasteiger charge is -2.14. The van der Waals surface area contributed by atoms with Crippen LogP contribution in [0, 0.1) is 0 Å². The number of amidine groups is 2. The van der Waals surface area contributed by atoms with E-state index in [4.69, 9.17) is 14.4 Å². The number of nitrogens with zero attached hydrogens (tertiary/aromatic N) is 4. The van der Waals surface area contributed by atoms with Crippen molar-refractivity contribution in [1.29, 1.82) is 0 Å². The van der Waals surface area contributed by atoms with Crippen LogP contribution in [0.1, 0.15) is 29.5 Å². The number of furan rings is 1. The van der Waals surface area contributed by atoms with Gasteiger partial charge in [0, 0.05) is 32.8 Å². The Balaban J connectivity index is 1.14. The van der Waals surface area contributed by atoms with Gasteiger partial charge in [-0.05, 0) is 90.4 Å². The van der Waals surface area contributed by atoms with E-state index in [9.17, 15) is 0 Å². The summed E-state index contributed by atoms with van der Waals surface area (Å²) >= 11 is 0. The monoisotopic (exact) mass is 658 g/mol. The molecule has 8 aromatic rings. The molecule has 1 aliphatic carbocycles. The lowest BCUT2D eigenvalue weighted by atomic mass is 9.94. The van der Waals surface area contributed by atoms with Crippen molar-refractivity contribution in [3.63, 3.8) is 0 Å². The molecule has 0 spiro atoms. The average molecular weight is 659 g/mol. The molecule has 0 atom stereocenters. The van der Waals surface area contributed by atoms with Gasteiger partial charge in [0.25, 0.3) is 0 Å². The number of fused-ring (bicyclic) bond motifs is 6. The minimum atomic E-state index is 0.485. The molecule has 0 radical (unpaired) electrons. The third-order valence-corrected chi connectivity index (χ3v) is 9.67. The minimum Gasteiger partial charge on any atom is -0.456 e. The molecule has 0 fully saturated rings. The molecule has 0 saturated heterocycles. The molecule has 6 aromatic carbocycles. The summed E-state index contributed by atoms with van der Waals surface area (Å²) in [5, 5.41) is 4.57. The van der Waals surface area contributed by atoms with E-state index < -0.39 is 0 Å². The molecule has 0 saturated carbocycles. The molecule has 2 aromatic heterocycles. The minimum absolute atomic E-state index is 0.485. The fraction of sp³-hybridized carbons (Fsp3) is 0.0652. The van der Waals surface area contributed by atoms with Crippen LogP contribution < -0.4 is 0 Å².